The van der Waals surface area contributed by atoms with Crippen LogP contribution >= 0.6 is 0 Å². The monoisotopic (exact) mass is 311 g/mol. The molecule has 0 atom stereocenters. The summed E-state index contributed by atoms with van der Waals surface area (Å²) in [5.74, 6) is 0. The molecule has 0 bridgehead atoms. The quantitative estimate of drug-likeness (QED) is 0.776. The Morgan fingerprint density at radius 2 is 2.10 bits per heavy atom. The molecule has 0 radical (unpaired) electrons. The predicted molar refractivity (Wildman–Crippen MR) is 79.4 cm³/mol. The van der Waals surface area contributed by atoms with E-state index in [1.54, 1.807) is 29.4 Å². The van der Waals surface area contributed by atoms with Crippen LogP contribution in [0.4, 0.5) is 0 Å². The highest BCUT2D eigenvalue weighted by Crippen LogP contribution is 2.18. The molecule has 2 rings (SSSR count). The van der Waals surface area contributed by atoms with Gasteiger partial charge in [-0.3, -0.25) is 9.36 Å². The van der Waals surface area contributed by atoms with Crippen molar-refractivity contribution in [3.63, 3.8) is 0 Å². The van der Waals surface area contributed by atoms with E-state index in [4.69, 9.17) is 0 Å². The first kappa shape index (κ1) is 15.7. The Balaban J connectivity index is 2.00. The number of rotatable bonds is 7. The Hall–Kier alpha value is -1.67. The van der Waals surface area contributed by atoms with Gasteiger partial charge < -0.3 is 0 Å². The van der Waals surface area contributed by atoms with Gasteiger partial charge in [0.05, 0.1) is 11.4 Å². The molecule has 7 nitrogen and oxygen atoms in total. The maximum absolute atomic E-state index is 12.4. The fraction of sp³-hybridized carbons (Fsp3) is 0.538. The SMILES string of the molecule is CCn1nc(C)c(S(=O)(=O)NCCCn2cccn2)c1C. The van der Waals surface area contributed by atoms with E-state index >= 15 is 0 Å². The number of hydrogen-bond donors (Lipinski definition) is 1. The molecule has 0 aromatic carbocycles. The molecule has 21 heavy (non-hydrogen) atoms. The van der Waals surface area contributed by atoms with Crippen LogP contribution in [0.5, 0.6) is 0 Å². The van der Waals surface area contributed by atoms with Gasteiger partial charge in [-0.2, -0.15) is 10.2 Å². The number of aryl methyl sites for hydroxylation is 3. The molecule has 0 spiro atoms. The van der Waals surface area contributed by atoms with E-state index in [-0.39, 0.29) is 0 Å². The van der Waals surface area contributed by atoms with E-state index in [1.807, 2.05) is 19.2 Å². The van der Waals surface area contributed by atoms with E-state index < -0.39 is 10.0 Å². The highest BCUT2D eigenvalue weighted by Gasteiger charge is 2.23. The summed E-state index contributed by atoms with van der Waals surface area (Å²) in [7, 11) is -3.51. The fourth-order valence-electron chi connectivity index (χ4n) is 2.33. The van der Waals surface area contributed by atoms with E-state index in [1.165, 1.54) is 0 Å². The molecule has 116 valence electrons. The molecule has 0 aliphatic rings. The molecule has 0 amide bonds. The third-order valence-electron chi connectivity index (χ3n) is 3.30. The second-order valence-corrected chi connectivity index (χ2v) is 6.54. The molecule has 8 heteroatoms. The molecule has 0 aliphatic heterocycles. The molecule has 0 aliphatic carbocycles. The Morgan fingerprint density at radius 1 is 1.33 bits per heavy atom. The Morgan fingerprint density at radius 3 is 2.67 bits per heavy atom. The number of sulfonamides is 1. The average molecular weight is 311 g/mol. The standard InChI is InChI=1S/C13H21N5O2S/c1-4-18-12(3)13(11(2)16-18)21(19,20)15-8-6-10-17-9-5-7-14-17/h5,7,9,15H,4,6,8,10H2,1-3H3. The summed E-state index contributed by atoms with van der Waals surface area (Å²) in [4.78, 5) is 0.295. The minimum absolute atomic E-state index is 0.295. The zero-order chi connectivity index (χ0) is 15.5. The first-order valence-corrected chi connectivity index (χ1v) is 8.45. The van der Waals surface area contributed by atoms with Crippen molar-refractivity contribution in [1.29, 1.82) is 0 Å². The number of hydrogen-bond acceptors (Lipinski definition) is 4. The van der Waals surface area contributed by atoms with Gasteiger partial charge in [0.25, 0.3) is 0 Å². The number of aromatic nitrogens is 4. The van der Waals surface area contributed by atoms with Crippen molar-refractivity contribution in [3.05, 3.63) is 29.8 Å². The van der Waals surface area contributed by atoms with Crippen molar-refractivity contribution in [1.82, 2.24) is 24.3 Å². The minimum Gasteiger partial charge on any atom is -0.273 e. The highest BCUT2D eigenvalue weighted by molar-refractivity contribution is 7.89. The predicted octanol–water partition coefficient (Wildman–Crippen LogP) is 1.08. The van der Waals surface area contributed by atoms with Crippen molar-refractivity contribution in [2.75, 3.05) is 6.54 Å². The molecular weight excluding hydrogens is 290 g/mol. The lowest BCUT2D eigenvalue weighted by Crippen LogP contribution is -2.26. The van der Waals surface area contributed by atoms with Gasteiger partial charge in [0, 0.05) is 32.0 Å². The maximum Gasteiger partial charge on any atom is 0.244 e. The first-order chi connectivity index (χ1) is 9.95. The van der Waals surface area contributed by atoms with Crippen LogP contribution in [0.3, 0.4) is 0 Å². The second kappa shape index (κ2) is 6.40. The van der Waals surface area contributed by atoms with Gasteiger partial charge in [-0.05, 0) is 33.3 Å². The molecule has 0 unspecified atom stereocenters. The Kier molecular flexibility index (Phi) is 4.79. The van der Waals surface area contributed by atoms with Crippen LogP contribution < -0.4 is 4.72 Å². The van der Waals surface area contributed by atoms with Gasteiger partial charge >= 0.3 is 0 Å². The minimum atomic E-state index is -3.51. The van der Waals surface area contributed by atoms with E-state index in [2.05, 4.69) is 14.9 Å². The van der Waals surface area contributed by atoms with Crippen molar-refractivity contribution >= 4 is 10.0 Å². The van der Waals surface area contributed by atoms with Gasteiger partial charge in [0.1, 0.15) is 4.90 Å². The fourth-order valence-corrected chi connectivity index (χ4v) is 3.81. The lowest BCUT2D eigenvalue weighted by Gasteiger charge is -2.07. The van der Waals surface area contributed by atoms with Crippen LogP contribution in [0.2, 0.25) is 0 Å². The van der Waals surface area contributed by atoms with E-state index in [9.17, 15) is 8.42 Å². The van der Waals surface area contributed by atoms with Crippen molar-refractivity contribution in [2.24, 2.45) is 0 Å². The molecule has 0 saturated heterocycles. The normalized spacial score (nSPS) is 12.0. The summed E-state index contributed by atoms with van der Waals surface area (Å²) >= 11 is 0. The zero-order valence-electron chi connectivity index (χ0n) is 12.6. The molecule has 1 N–H and O–H groups in total. The summed E-state index contributed by atoms with van der Waals surface area (Å²) in [6.45, 7) is 7.15. The van der Waals surface area contributed by atoms with Crippen LogP contribution in [0, 0.1) is 13.8 Å². The summed E-state index contributed by atoms with van der Waals surface area (Å²) in [6, 6.07) is 1.84. The van der Waals surface area contributed by atoms with Crippen LogP contribution in [-0.2, 0) is 23.1 Å². The number of nitrogens with one attached hydrogen (secondary N) is 1. The molecule has 2 heterocycles. The topological polar surface area (TPSA) is 81.8 Å². The van der Waals surface area contributed by atoms with Gasteiger partial charge in [-0.25, -0.2) is 13.1 Å². The first-order valence-electron chi connectivity index (χ1n) is 6.96. The van der Waals surface area contributed by atoms with Crippen LogP contribution in [0.1, 0.15) is 24.7 Å². The van der Waals surface area contributed by atoms with E-state index in [0.717, 1.165) is 0 Å². The summed E-state index contributed by atoms with van der Waals surface area (Å²) in [5.41, 5.74) is 1.21. The Bertz CT molecular complexity index is 688. The van der Waals surface area contributed by atoms with Gasteiger partial charge in [-0.15, -0.1) is 0 Å². The summed E-state index contributed by atoms with van der Waals surface area (Å²) in [6.07, 6.45) is 4.24. The molecule has 2 aromatic heterocycles. The van der Waals surface area contributed by atoms with Crippen LogP contribution in [0.15, 0.2) is 23.4 Å². The van der Waals surface area contributed by atoms with Gasteiger partial charge in [0.2, 0.25) is 10.0 Å². The average Bonchev–Trinajstić information content (AvgIpc) is 3.03. The van der Waals surface area contributed by atoms with Crippen molar-refractivity contribution in [3.8, 4) is 0 Å². The van der Waals surface area contributed by atoms with Crippen molar-refractivity contribution in [2.45, 2.75) is 45.2 Å². The van der Waals surface area contributed by atoms with Gasteiger partial charge in [0.15, 0.2) is 0 Å². The molecular formula is C13H21N5O2S. The Labute approximate surface area is 125 Å². The molecule has 0 fully saturated rings. The van der Waals surface area contributed by atoms with E-state index in [0.29, 0.717) is 42.3 Å². The summed E-state index contributed by atoms with van der Waals surface area (Å²) < 4.78 is 30.9. The highest BCUT2D eigenvalue weighted by atomic mass is 32.2. The molecule has 0 saturated carbocycles. The number of nitrogens with zero attached hydrogens (tertiary/aromatic N) is 4. The van der Waals surface area contributed by atoms with Gasteiger partial charge in [-0.1, -0.05) is 0 Å². The van der Waals surface area contributed by atoms with Crippen LogP contribution in [0.25, 0.3) is 0 Å². The lowest BCUT2D eigenvalue weighted by atomic mass is 10.4. The molecule has 2 aromatic rings. The third-order valence-corrected chi connectivity index (χ3v) is 5.01. The smallest absolute Gasteiger partial charge is 0.244 e. The van der Waals surface area contributed by atoms with Crippen molar-refractivity contribution < 1.29 is 8.42 Å². The largest absolute Gasteiger partial charge is 0.273 e. The zero-order valence-corrected chi connectivity index (χ0v) is 13.4. The maximum atomic E-state index is 12.4. The third kappa shape index (κ3) is 3.51. The van der Waals surface area contributed by atoms with Crippen LogP contribution in [-0.4, -0.2) is 34.5 Å². The second-order valence-electron chi connectivity index (χ2n) is 4.84. The summed E-state index contributed by atoms with van der Waals surface area (Å²) in [5, 5.41) is 8.32. The lowest BCUT2D eigenvalue weighted by molar-refractivity contribution is 0.552.